The van der Waals surface area contributed by atoms with E-state index in [2.05, 4.69) is 109 Å². The molecule has 5 nitrogen and oxygen atoms in total. The molecule has 0 saturated heterocycles. The van der Waals surface area contributed by atoms with Crippen molar-refractivity contribution in [2.45, 2.75) is 5.41 Å². The maximum absolute atomic E-state index is 6.59. The van der Waals surface area contributed by atoms with E-state index in [0.717, 1.165) is 72.6 Å². The molecule has 0 unspecified atom stereocenters. The lowest BCUT2D eigenvalue weighted by Crippen LogP contribution is -2.32. The molecule has 0 fully saturated rings. The van der Waals surface area contributed by atoms with Crippen molar-refractivity contribution in [2.24, 2.45) is 0 Å². The van der Waals surface area contributed by atoms with Gasteiger partial charge in [-0.3, -0.25) is 0 Å². The summed E-state index contributed by atoms with van der Waals surface area (Å²) >= 11 is 0. The standard InChI is InChI=1S/C49H30N4O/c1-3-16-31(17-4-1)46-51-47(32-18-5-2-6-19-32)53-48(52-46)34-21-15-20-33(30-34)44-36-23-8-7-22-35(36)43-45(50-44)37-24-9-10-25-38(37)49(43)39-26-11-13-28-41(39)54-42-29-14-12-27-40(42)49/h1-30H. The number of para-hydroxylation sites is 2. The second-order valence-corrected chi connectivity index (χ2v) is 13.7. The molecule has 1 aliphatic carbocycles. The maximum atomic E-state index is 6.59. The first kappa shape index (κ1) is 30.4. The largest absolute Gasteiger partial charge is 0.457 e. The highest BCUT2D eigenvalue weighted by atomic mass is 16.5. The fraction of sp³-hybridized carbons (Fsp3) is 0.0204. The Labute approximate surface area is 312 Å². The molecule has 54 heavy (non-hydrogen) atoms. The molecule has 0 atom stereocenters. The number of ether oxygens (including phenoxy) is 1. The highest BCUT2D eigenvalue weighted by molar-refractivity contribution is 6.05. The van der Waals surface area contributed by atoms with Crippen LogP contribution in [0.15, 0.2) is 182 Å². The van der Waals surface area contributed by atoms with Crippen LogP contribution in [0.4, 0.5) is 0 Å². The fourth-order valence-corrected chi connectivity index (χ4v) is 8.51. The zero-order chi connectivity index (χ0) is 35.6. The van der Waals surface area contributed by atoms with Crippen molar-refractivity contribution in [2.75, 3.05) is 0 Å². The van der Waals surface area contributed by atoms with Gasteiger partial charge < -0.3 is 4.74 Å². The van der Waals surface area contributed by atoms with E-state index in [1.165, 1.54) is 11.1 Å². The van der Waals surface area contributed by atoms with Crippen LogP contribution in [-0.2, 0) is 5.41 Å². The van der Waals surface area contributed by atoms with Gasteiger partial charge in [-0.05, 0) is 29.1 Å². The lowest BCUT2D eigenvalue weighted by atomic mass is 9.65. The van der Waals surface area contributed by atoms with Gasteiger partial charge in [-0.15, -0.1) is 0 Å². The summed E-state index contributed by atoms with van der Waals surface area (Å²) in [6.45, 7) is 0. The van der Waals surface area contributed by atoms with Crippen LogP contribution >= 0.6 is 0 Å². The van der Waals surface area contributed by atoms with E-state index >= 15 is 0 Å². The Morgan fingerprint density at radius 1 is 0.352 bits per heavy atom. The molecule has 0 N–H and O–H groups in total. The molecule has 0 bridgehead atoms. The Kier molecular flexibility index (Phi) is 6.70. The molecule has 3 heterocycles. The first-order valence-corrected chi connectivity index (χ1v) is 18.1. The van der Waals surface area contributed by atoms with Gasteiger partial charge in [-0.2, -0.15) is 0 Å². The summed E-state index contributed by atoms with van der Waals surface area (Å²) in [5, 5.41) is 2.23. The third-order valence-electron chi connectivity index (χ3n) is 10.8. The highest BCUT2D eigenvalue weighted by Gasteiger charge is 2.52. The summed E-state index contributed by atoms with van der Waals surface area (Å²) in [7, 11) is 0. The van der Waals surface area contributed by atoms with Crippen LogP contribution in [0.25, 0.3) is 67.5 Å². The van der Waals surface area contributed by atoms with Crippen LogP contribution in [0, 0.1) is 0 Å². The van der Waals surface area contributed by atoms with Crippen LogP contribution < -0.4 is 4.74 Å². The molecule has 7 aromatic carbocycles. The predicted molar refractivity (Wildman–Crippen MR) is 214 cm³/mol. The predicted octanol–water partition coefficient (Wildman–Crippen LogP) is 11.6. The smallest absolute Gasteiger partial charge is 0.164 e. The number of hydrogen-bond donors (Lipinski definition) is 0. The minimum atomic E-state index is -0.614. The molecule has 0 saturated carbocycles. The lowest BCUT2D eigenvalue weighted by Gasteiger charge is -2.39. The van der Waals surface area contributed by atoms with E-state index in [1.54, 1.807) is 0 Å². The topological polar surface area (TPSA) is 60.8 Å². The third-order valence-corrected chi connectivity index (χ3v) is 10.8. The van der Waals surface area contributed by atoms with Gasteiger partial charge in [-0.1, -0.05) is 164 Å². The summed E-state index contributed by atoms with van der Waals surface area (Å²) in [4.78, 5) is 20.6. The molecule has 2 aromatic heterocycles. The molecule has 9 aromatic rings. The van der Waals surface area contributed by atoms with Gasteiger partial charge in [0.05, 0.1) is 16.8 Å². The molecule has 0 amide bonds. The molecule has 1 aliphatic heterocycles. The summed E-state index contributed by atoms with van der Waals surface area (Å²) in [5.41, 5.74) is 10.8. The van der Waals surface area contributed by atoms with E-state index in [4.69, 9.17) is 24.7 Å². The minimum absolute atomic E-state index is 0.606. The zero-order valence-electron chi connectivity index (χ0n) is 29.0. The molecule has 252 valence electrons. The van der Waals surface area contributed by atoms with Crippen molar-refractivity contribution in [3.05, 3.63) is 204 Å². The van der Waals surface area contributed by atoms with Crippen LogP contribution in [0.1, 0.15) is 22.3 Å². The first-order valence-electron chi connectivity index (χ1n) is 18.1. The fourth-order valence-electron chi connectivity index (χ4n) is 8.51. The number of fused-ring (bicyclic) bond motifs is 11. The molecular formula is C49H30N4O. The second kappa shape index (κ2) is 11.9. The van der Waals surface area contributed by atoms with Gasteiger partial charge in [-0.25, -0.2) is 19.9 Å². The van der Waals surface area contributed by atoms with Gasteiger partial charge in [0, 0.05) is 49.9 Å². The number of nitrogens with zero attached hydrogens (tertiary/aromatic N) is 4. The van der Waals surface area contributed by atoms with Crippen molar-refractivity contribution in [3.8, 4) is 68.2 Å². The molecule has 2 aliphatic rings. The van der Waals surface area contributed by atoms with E-state index in [9.17, 15) is 0 Å². The Morgan fingerprint density at radius 3 is 1.48 bits per heavy atom. The maximum Gasteiger partial charge on any atom is 0.164 e. The Balaban J connectivity index is 1.16. The van der Waals surface area contributed by atoms with Gasteiger partial charge in [0.1, 0.15) is 11.5 Å². The Morgan fingerprint density at radius 2 is 0.833 bits per heavy atom. The molecule has 0 radical (unpaired) electrons. The van der Waals surface area contributed by atoms with Crippen LogP contribution in [0.3, 0.4) is 0 Å². The van der Waals surface area contributed by atoms with E-state index < -0.39 is 5.41 Å². The molecule has 5 heteroatoms. The van der Waals surface area contributed by atoms with Crippen LogP contribution in [-0.4, -0.2) is 19.9 Å². The van der Waals surface area contributed by atoms with Gasteiger partial charge >= 0.3 is 0 Å². The molecule has 1 spiro atoms. The summed E-state index contributed by atoms with van der Waals surface area (Å²) in [5.74, 6) is 3.59. The van der Waals surface area contributed by atoms with E-state index in [-0.39, 0.29) is 0 Å². The second-order valence-electron chi connectivity index (χ2n) is 13.7. The molecule has 11 rings (SSSR count). The van der Waals surface area contributed by atoms with Gasteiger partial charge in [0.15, 0.2) is 17.5 Å². The minimum Gasteiger partial charge on any atom is -0.457 e. The number of pyridine rings is 1. The Bertz CT molecular complexity index is 2820. The van der Waals surface area contributed by atoms with Gasteiger partial charge in [0.25, 0.3) is 0 Å². The van der Waals surface area contributed by atoms with E-state index in [0.29, 0.717) is 17.5 Å². The van der Waals surface area contributed by atoms with Crippen LogP contribution in [0.5, 0.6) is 11.5 Å². The third kappa shape index (κ3) is 4.45. The Hall–Kier alpha value is -7.24. The first-order chi connectivity index (χ1) is 26.8. The van der Waals surface area contributed by atoms with E-state index in [1.807, 2.05) is 72.8 Å². The summed E-state index contributed by atoms with van der Waals surface area (Å²) in [6.07, 6.45) is 0. The number of hydrogen-bond acceptors (Lipinski definition) is 5. The normalized spacial score (nSPS) is 13.1. The highest BCUT2D eigenvalue weighted by Crippen LogP contribution is 2.63. The number of aromatic nitrogens is 4. The quantitative estimate of drug-likeness (QED) is 0.184. The van der Waals surface area contributed by atoms with Crippen molar-refractivity contribution < 1.29 is 4.74 Å². The number of rotatable bonds is 4. The average molecular weight is 691 g/mol. The molecular weight excluding hydrogens is 661 g/mol. The summed E-state index contributed by atoms with van der Waals surface area (Å²) < 4.78 is 6.59. The zero-order valence-corrected chi connectivity index (χ0v) is 29.0. The SMILES string of the molecule is c1ccc(-c2nc(-c3ccccc3)nc(-c3cccc(-c4nc5c(c6ccccc46)C4(c6ccccc6Oc6ccccc64)c4ccccc4-5)c3)n2)cc1. The van der Waals surface area contributed by atoms with Crippen LogP contribution in [0.2, 0.25) is 0 Å². The summed E-state index contributed by atoms with van der Waals surface area (Å²) in [6, 6.07) is 62.9. The average Bonchev–Trinajstić information content (AvgIpc) is 3.54. The van der Waals surface area contributed by atoms with Crippen molar-refractivity contribution >= 4 is 10.8 Å². The van der Waals surface area contributed by atoms with Crippen molar-refractivity contribution in [1.82, 2.24) is 19.9 Å². The number of benzene rings is 7. The monoisotopic (exact) mass is 690 g/mol. The van der Waals surface area contributed by atoms with Crippen molar-refractivity contribution in [1.29, 1.82) is 0 Å². The van der Waals surface area contributed by atoms with Gasteiger partial charge in [0.2, 0.25) is 0 Å². The van der Waals surface area contributed by atoms with Crippen molar-refractivity contribution in [3.63, 3.8) is 0 Å². The lowest BCUT2D eigenvalue weighted by molar-refractivity contribution is 0.437.